The number of allylic oxidation sites excluding steroid dienone is 1. The SMILES string of the molecule is Clc1cncc(Cl)c1-c1noc(C2CC2)c1C=CC1C2CN(c3nc(Br)cs3)CC12. The van der Waals surface area contributed by atoms with Gasteiger partial charge in [0.1, 0.15) is 16.1 Å². The predicted octanol–water partition coefficient (Wildman–Crippen LogP) is 6.54. The topological polar surface area (TPSA) is 55.1 Å². The number of halogens is 3. The van der Waals surface area contributed by atoms with E-state index < -0.39 is 0 Å². The average molecular weight is 524 g/mol. The molecule has 9 heteroatoms. The maximum Gasteiger partial charge on any atom is 0.186 e. The van der Waals surface area contributed by atoms with Crippen molar-refractivity contribution in [2.24, 2.45) is 17.8 Å². The third kappa shape index (κ3) is 3.30. The Kier molecular flexibility index (Phi) is 4.71. The third-order valence-electron chi connectivity index (χ3n) is 6.27. The maximum atomic E-state index is 6.40. The first-order valence-electron chi connectivity index (χ1n) is 9.93. The van der Waals surface area contributed by atoms with Crippen molar-refractivity contribution in [3.8, 4) is 11.3 Å². The van der Waals surface area contributed by atoms with Crippen LogP contribution in [0.2, 0.25) is 10.0 Å². The van der Waals surface area contributed by atoms with Crippen LogP contribution in [0, 0.1) is 17.8 Å². The highest BCUT2D eigenvalue weighted by atomic mass is 79.9. The second-order valence-electron chi connectivity index (χ2n) is 8.18. The molecule has 3 aromatic heterocycles. The Bertz CT molecular complexity index is 1130. The fourth-order valence-electron chi connectivity index (χ4n) is 4.54. The van der Waals surface area contributed by atoms with E-state index in [1.165, 1.54) is 0 Å². The van der Waals surface area contributed by atoms with Crippen LogP contribution < -0.4 is 4.90 Å². The fraction of sp³-hybridized carbons (Fsp3) is 0.381. The average Bonchev–Trinajstić information content (AvgIpc) is 3.49. The van der Waals surface area contributed by atoms with Crippen molar-refractivity contribution in [1.82, 2.24) is 15.1 Å². The van der Waals surface area contributed by atoms with Gasteiger partial charge in [-0.3, -0.25) is 4.98 Å². The van der Waals surface area contributed by atoms with Gasteiger partial charge in [-0.25, -0.2) is 4.98 Å². The molecule has 0 aromatic carbocycles. The molecule has 1 aliphatic heterocycles. The van der Waals surface area contributed by atoms with Gasteiger partial charge in [-0.2, -0.15) is 0 Å². The molecule has 4 heterocycles. The highest BCUT2D eigenvalue weighted by Crippen LogP contribution is 2.54. The summed E-state index contributed by atoms with van der Waals surface area (Å²) in [6.07, 6.45) is 9.98. The van der Waals surface area contributed by atoms with E-state index in [4.69, 9.17) is 27.7 Å². The molecule has 0 bridgehead atoms. The van der Waals surface area contributed by atoms with Crippen molar-refractivity contribution >= 4 is 61.7 Å². The van der Waals surface area contributed by atoms with Gasteiger partial charge in [-0.15, -0.1) is 11.3 Å². The molecular weight excluding hydrogens is 507 g/mol. The van der Waals surface area contributed by atoms with Gasteiger partial charge in [0.15, 0.2) is 5.13 Å². The van der Waals surface area contributed by atoms with Crippen molar-refractivity contribution in [3.63, 3.8) is 0 Å². The Balaban J connectivity index is 1.25. The minimum Gasteiger partial charge on any atom is -0.360 e. The normalized spacial score (nSPS) is 25.3. The summed E-state index contributed by atoms with van der Waals surface area (Å²) in [5.74, 6) is 3.35. The number of fused-ring (bicyclic) bond motifs is 1. The summed E-state index contributed by atoms with van der Waals surface area (Å²) >= 11 is 17.9. The molecule has 154 valence electrons. The Labute approximate surface area is 196 Å². The molecule has 2 unspecified atom stereocenters. The van der Waals surface area contributed by atoms with Crippen LogP contribution in [0.25, 0.3) is 17.3 Å². The zero-order valence-electron chi connectivity index (χ0n) is 15.8. The minimum absolute atomic E-state index is 0.447. The third-order valence-corrected chi connectivity index (χ3v) is 8.46. The van der Waals surface area contributed by atoms with Gasteiger partial charge < -0.3 is 9.42 Å². The summed E-state index contributed by atoms with van der Waals surface area (Å²) in [6.45, 7) is 2.13. The highest BCUT2D eigenvalue weighted by molar-refractivity contribution is 9.10. The Hall–Kier alpha value is -1.41. The summed E-state index contributed by atoms with van der Waals surface area (Å²) in [5, 5.41) is 8.47. The molecule has 3 aliphatic rings. The lowest BCUT2D eigenvalue weighted by Gasteiger charge is -2.17. The smallest absolute Gasteiger partial charge is 0.186 e. The number of hydrogen-bond donors (Lipinski definition) is 0. The second kappa shape index (κ2) is 7.33. The monoisotopic (exact) mass is 522 g/mol. The summed E-state index contributed by atoms with van der Waals surface area (Å²) < 4.78 is 6.67. The van der Waals surface area contributed by atoms with Crippen LogP contribution >= 0.6 is 50.5 Å². The predicted molar refractivity (Wildman–Crippen MR) is 123 cm³/mol. The summed E-state index contributed by atoms with van der Waals surface area (Å²) in [6, 6.07) is 0. The van der Waals surface area contributed by atoms with Gasteiger partial charge in [0.25, 0.3) is 0 Å². The molecule has 3 aromatic rings. The molecule has 0 spiro atoms. The van der Waals surface area contributed by atoms with Crippen LogP contribution in [0.3, 0.4) is 0 Å². The zero-order chi connectivity index (χ0) is 20.4. The van der Waals surface area contributed by atoms with Gasteiger partial charge >= 0.3 is 0 Å². The summed E-state index contributed by atoms with van der Waals surface area (Å²) in [5.41, 5.74) is 2.42. The fourth-order valence-corrected chi connectivity index (χ4v) is 6.35. The van der Waals surface area contributed by atoms with Gasteiger partial charge in [0, 0.05) is 47.9 Å². The number of hydrogen-bond acceptors (Lipinski definition) is 6. The molecule has 3 fully saturated rings. The van der Waals surface area contributed by atoms with E-state index >= 15 is 0 Å². The molecule has 0 radical (unpaired) electrons. The summed E-state index contributed by atoms with van der Waals surface area (Å²) in [4.78, 5) is 11.0. The van der Waals surface area contributed by atoms with E-state index in [1.807, 2.05) is 5.38 Å². The van der Waals surface area contributed by atoms with Crippen LogP contribution in [0.5, 0.6) is 0 Å². The quantitative estimate of drug-likeness (QED) is 0.380. The molecule has 6 rings (SSSR count). The van der Waals surface area contributed by atoms with Crippen LogP contribution in [0.1, 0.15) is 30.1 Å². The highest BCUT2D eigenvalue weighted by Gasteiger charge is 2.54. The van der Waals surface area contributed by atoms with Crippen molar-refractivity contribution in [3.05, 3.63) is 49.8 Å². The molecule has 2 aliphatic carbocycles. The van der Waals surface area contributed by atoms with Crippen LogP contribution in [0.4, 0.5) is 5.13 Å². The number of piperidine rings is 1. The van der Waals surface area contributed by atoms with Crippen molar-refractivity contribution < 1.29 is 4.52 Å². The number of aromatic nitrogens is 3. The number of anilines is 1. The van der Waals surface area contributed by atoms with Gasteiger partial charge in [0.2, 0.25) is 0 Å². The van der Waals surface area contributed by atoms with E-state index in [-0.39, 0.29) is 0 Å². The van der Waals surface area contributed by atoms with E-state index in [0.717, 1.165) is 47.0 Å². The Morgan fingerprint density at radius 1 is 1.17 bits per heavy atom. The Morgan fingerprint density at radius 3 is 2.53 bits per heavy atom. The molecule has 5 nitrogen and oxygen atoms in total. The minimum atomic E-state index is 0.447. The number of rotatable bonds is 5. The standard InChI is InChI=1S/C21H17BrCl2N4OS/c22-17-9-30-21(26-17)28-7-13-11(14(13)8-28)3-4-12-19(27-29-20(12)10-1-2-10)18-15(23)5-25-6-16(18)24/h3-6,9-11,13-14H,1-2,7-8H2. The molecule has 2 atom stereocenters. The molecule has 30 heavy (non-hydrogen) atoms. The first-order valence-corrected chi connectivity index (χ1v) is 12.4. The molecule has 2 saturated carbocycles. The first-order chi connectivity index (χ1) is 14.6. The van der Waals surface area contributed by atoms with Crippen LogP contribution in [-0.4, -0.2) is 28.2 Å². The lowest BCUT2D eigenvalue weighted by atomic mass is 10.0. The molecule has 1 saturated heterocycles. The van der Waals surface area contributed by atoms with Crippen molar-refractivity contribution in [2.45, 2.75) is 18.8 Å². The first kappa shape index (κ1) is 19.3. The van der Waals surface area contributed by atoms with Crippen molar-refractivity contribution in [2.75, 3.05) is 18.0 Å². The van der Waals surface area contributed by atoms with Gasteiger partial charge in [-0.1, -0.05) is 40.5 Å². The maximum absolute atomic E-state index is 6.40. The lowest BCUT2D eigenvalue weighted by Crippen LogP contribution is -2.23. The number of nitrogens with zero attached hydrogens (tertiary/aromatic N) is 4. The lowest BCUT2D eigenvalue weighted by molar-refractivity contribution is 0.386. The number of thiazole rings is 1. The summed E-state index contributed by atoms with van der Waals surface area (Å²) in [7, 11) is 0. The van der Waals surface area contributed by atoms with Gasteiger partial charge in [0.05, 0.1) is 10.0 Å². The number of pyridine rings is 1. The Morgan fingerprint density at radius 2 is 1.90 bits per heavy atom. The van der Waals surface area contributed by atoms with Crippen LogP contribution in [-0.2, 0) is 0 Å². The van der Waals surface area contributed by atoms with E-state index in [9.17, 15) is 0 Å². The molecule has 0 N–H and O–H groups in total. The van der Waals surface area contributed by atoms with E-state index in [2.05, 4.69) is 48.1 Å². The molecular formula is C21H17BrCl2N4OS. The van der Waals surface area contributed by atoms with E-state index in [1.54, 1.807) is 23.7 Å². The molecule has 0 amide bonds. The van der Waals surface area contributed by atoms with Crippen molar-refractivity contribution in [1.29, 1.82) is 0 Å². The van der Waals surface area contributed by atoms with Crippen LogP contribution in [0.15, 0.2) is 33.0 Å². The van der Waals surface area contributed by atoms with Gasteiger partial charge in [-0.05, 0) is 46.5 Å². The second-order valence-corrected chi connectivity index (χ2v) is 10.6. The largest absolute Gasteiger partial charge is 0.360 e. The zero-order valence-corrected chi connectivity index (χ0v) is 19.7. The van der Waals surface area contributed by atoms with E-state index in [0.29, 0.717) is 45.0 Å².